The van der Waals surface area contributed by atoms with Gasteiger partial charge in [-0.05, 0) is 38.0 Å². The maximum absolute atomic E-state index is 13.0. The number of carbonyl (C=O) groups excluding carboxylic acids is 3. The van der Waals surface area contributed by atoms with Crippen molar-refractivity contribution in [3.8, 4) is 0 Å². The zero-order valence-corrected chi connectivity index (χ0v) is 16.0. The lowest BCUT2D eigenvalue weighted by atomic mass is 9.73. The van der Waals surface area contributed by atoms with E-state index in [9.17, 15) is 14.4 Å². The van der Waals surface area contributed by atoms with E-state index >= 15 is 0 Å². The van der Waals surface area contributed by atoms with Gasteiger partial charge in [-0.3, -0.25) is 14.5 Å². The average Bonchev–Trinajstić information content (AvgIpc) is 2.87. The van der Waals surface area contributed by atoms with E-state index in [-0.39, 0.29) is 30.4 Å². The molecule has 1 saturated carbocycles. The summed E-state index contributed by atoms with van der Waals surface area (Å²) in [5, 5.41) is 2.91. The van der Waals surface area contributed by atoms with Gasteiger partial charge in [0.25, 0.3) is 5.91 Å². The minimum Gasteiger partial charge on any atom is -0.376 e. The molecule has 7 heteroatoms. The maximum Gasteiger partial charge on any atom is 0.325 e. The van der Waals surface area contributed by atoms with Crippen LogP contribution in [0, 0.1) is 5.92 Å². The van der Waals surface area contributed by atoms with Crippen LogP contribution in [-0.2, 0) is 14.3 Å². The van der Waals surface area contributed by atoms with Crippen LogP contribution >= 0.6 is 0 Å². The fourth-order valence-electron chi connectivity index (χ4n) is 4.46. The monoisotopic (exact) mass is 365 g/mol. The van der Waals surface area contributed by atoms with Crippen LogP contribution in [0.2, 0.25) is 0 Å². The molecular formula is C19H31N3O4. The van der Waals surface area contributed by atoms with Crippen molar-refractivity contribution in [1.82, 2.24) is 15.1 Å². The molecule has 0 bridgehead atoms. The number of nitrogens with zero attached hydrogens (tertiary/aromatic N) is 2. The summed E-state index contributed by atoms with van der Waals surface area (Å²) in [4.78, 5) is 41.0. The van der Waals surface area contributed by atoms with Crippen LogP contribution < -0.4 is 5.32 Å². The summed E-state index contributed by atoms with van der Waals surface area (Å²) in [6, 6.07) is -0.423. The van der Waals surface area contributed by atoms with Gasteiger partial charge in [-0.1, -0.05) is 26.7 Å². The third-order valence-corrected chi connectivity index (χ3v) is 6.08. The van der Waals surface area contributed by atoms with Crippen LogP contribution in [0.3, 0.4) is 0 Å². The Morgan fingerprint density at radius 3 is 2.81 bits per heavy atom. The van der Waals surface area contributed by atoms with Gasteiger partial charge >= 0.3 is 6.03 Å². The van der Waals surface area contributed by atoms with Crippen molar-refractivity contribution < 1.29 is 19.1 Å². The second-order valence-corrected chi connectivity index (χ2v) is 7.91. The molecule has 4 amide bonds. The fraction of sp³-hybridized carbons (Fsp3) is 0.842. The first-order valence-electron chi connectivity index (χ1n) is 10.0. The number of hydrogen-bond acceptors (Lipinski definition) is 4. The van der Waals surface area contributed by atoms with Crippen LogP contribution in [0.15, 0.2) is 0 Å². The molecule has 2 heterocycles. The molecule has 3 rings (SSSR count). The topological polar surface area (TPSA) is 79.0 Å². The number of carbonyl (C=O) groups is 3. The molecule has 1 N–H and O–H groups in total. The third kappa shape index (κ3) is 3.59. The predicted molar refractivity (Wildman–Crippen MR) is 96.5 cm³/mol. The first-order chi connectivity index (χ1) is 12.5. The number of urea groups is 1. The number of piperidine rings is 1. The van der Waals surface area contributed by atoms with E-state index in [2.05, 4.69) is 12.2 Å². The van der Waals surface area contributed by atoms with Gasteiger partial charge < -0.3 is 15.0 Å². The second kappa shape index (κ2) is 7.94. The van der Waals surface area contributed by atoms with Crippen LogP contribution in [-0.4, -0.2) is 65.5 Å². The van der Waals surface area contributed by atoms with E-state index < -0.39 is 11.6 Å². The van der Waals surface area contributed by atoms with Gasteiger partial charge in [0, 0.05) is 19.7 Å². The molecule has 0 radical (unpaired) electrons. The summed E-state index contributed by atoms with van der Waals surface area (Å²) in [6.07, 6.45) is 6.46. The van der Waals surface area contributed by atoms with Gasteiger partial charge in [0.2, 0.25) is 5.91 Å². The van der Waals surface area contributed by atoms with Crippen LogP contribution in [0.5, 0.6) is 0 Å². The standard InChI is InChI=1S/C19H31N3O4/c1-3-11-26-15-8-6-10-21(12-15)16(23)13-22-17(24)19(20-18(22)25)9-5-4-7-14(19)2/h14-15H,3-13H2,1-2H3,(H,20,25)/t14-,15+,19-/m0/s1. The summed E-state index contributed by atoms with van der Waals surface area (Å²) in [6.45, 7) is 5.81. The average molecular weight is 365 g/mol. The molecule has 0 unspecified atom stereocenters. The summed E-state index contributed by atoms with van der Waals surface area (Å²) in [7, 11) is 0. The molecule has 2 aliphatic heterocycles. The number of rotatable bonds is 5. The van der Waals surface area contributed by atoms with Crippen LogP contribution in [0.25, 0.3) is 0 Å². The summed E-state index contributed by atoms with van der Waals surface area (Å²) in [5.41, 5.74) is -0.801. The predicted octanol–water partition coefficient (Wildman–Crippen LogP) is 1.90. The Kier molecular flexibility index (Phi) is 5.85. The Morgan fingerprint density at radius 2 is 2.08 bits per heavy atom. The highest BCUT2D eigenvalue weighted by Crippen LogP contribution is 2.38. The molecule has 3 fully saturated rings. The molecule has 0 aromatic carbocycles. The van der Waals surface area contributed by atoms with Gasteiger partial charge in [-0.15, -0.1) is 0 Å². The third-order valence-electron chi connectivity index (χ3n) is 6.08. The molecule has 7 nitrogen and oxygen atoms in total. The molecular weight excluding hydrogens is 334 g/mol. The molecule has 0 aromatic heterocycles. The number of likely N-dealkylation sites (tertiary alicyclic amines) is 1. The summed E-state index contributed by atoms with van der Waals surface area (Å²) in [5.74, 6) is -0.285. The van der Waals surface area contributed by atoms with Crippen molar-refractivity contribution >= 4 is 17.8 Å². The maximum atomic E-state index is 13.0. The Hall–Kier alpha value is -1.63. The minimum absolute atomic E-state index is 0.0560. The molecule has 26 heavy (non-hydrogen) atoms. The smallest absolute Gasteiger partial charge is 0.325 e. The molecule has 1 spiro atoms. The summed E-state index contributed by atoms with van der Waals surface area (Å²) >= 11 is 0. The molecule has 3 aliphatic rings. The van der Waals surface area contributed by atoms with Gasteiger partial charge in [-0.2, -0.15) is 0 Å². The van der Waals surface area contributed by atoms with Gasteiger partial charge in [0.05, 0.1) is 6.10 Å². The van der Waals surface area contributed by atoms with Crippen LogP contribution in [0.4, 0.5) is 4.79 Å². The molecule has 0 aromatic rings. The number of imide groups is 1. The zero-order chi connectivity index (χ0) is 18.7. The van der Waals surface area contributed by atoms with Crippen molar-refractivity contribution in [3.63, 3.8) is 0 Å². The highest BCUT2D eigenvalue weighted by Gasteiger charge is 2.55. The Balaban J connectivity index is 1.62. The minimum atomic E-state index is -0.801. The van der Waals surface area contributed by atoms with Crippen molar-refractivity contribution in [2.24, 2.45) is 5.92 Å². The summed E-state index contributed by atoms with van der Waals surface area (Å²) < 4.78 is 5.78. The van der Waals surface area contributed by atoms with E-state index in [1.54, 1.807) is 4.90 Å². The lowest BCUT2D eigenvalue weighted by molar-refractivity contribution is -0.142. The highest BCUT2D eigenvalue weighted by atomic mass is 16.5. The zero-order valence-electron chi connectivity index (χ0n) is 16.0. The molecule has 146 valence electrons. The fourth-order valence-corrected chi connectivity index (χ4v) is 4.46. The highest BCUT2D eigenvalue weighted by molar-refractivity contribution is 6.09. The Bertz CT molecular complexity index is 567. The first-order valence-corrected chi connectivity index (χ1v) is 10.0. The largest absolute Gasteiger partial charge is 0.376 e. The molecule has 1 aliphatic carbocycles. The van der Waals surface area contributed by atoms with E-state index in [0.29, 0.717) is 26.1 Å². The van der Waals surface area contributed by atoms with E-state index in [1.165, 1.54) is 0 Å². The lowest BCUT2D eigenvalue weighted by Gasteiger charge is -2.37. The van der Waals surface area contributed by atoms with Crippen LogP contribution in [0.1, 0.15) is 58.8 Å². The van der Waals surface area contributed by atoms with E-state index in [0.717, 1.165) is 43.4 Å². The second-order valence-electron chi connectivity index (χ2n) is 7.91. The Labute approximate surface area is 155 Å². The van der Waals surface area contributed by atoms with Crippen molar-refractivity contribution in [2.45, 2.75) is 70.4 Å². The number of nitrogens with one attached hydrogen (secondary N) is 1. The van der Waals surface area contributed by atoms with E-state index in [4.69, 9.17) is 4.74 Å². The first kappa shape index (κ1) is 19.1. The van der Waals surface area contributed by atoms with E-state index in [1.807, 2.05) is 6.92 Å². The van der Waals surface area contributed by atoms with Gasteiger partial charge in [-0.25, -0.2) is 4.79 Å². The molecule has 2 saturated heterocycles. The quantitative estimate of drug-likeness (QED) is 0.755. The number of hydrogen-bond donors (Lipinski definition) is 1. The Morgan fingerprint density at radius 1 is 1.27 bits per heavy atom. The SMILES string of the molecule is CCCO[C@@H]1CCCN(C(=O)CN2C(=O)N[C@]3(CCCC[C@@H]3C)C2=O)C1. The van der Waals surface area contributed by atoms with Gasteiger partial charge in [0.1, 0.15) is 12.1 Å². The van der Waals surface area contributed by atoms with Crippen molar-refractivity contribution in [3.05, 3.63) is 0 Å². The normalized spacial score (nSPS) is 32.2. The number of ether oxygens (including phenoxy) is 1. The van der Waals surface area contributed by atoms with Gasteiger partial charge in [0.15, 0.2) is 0 Å². The van der Waals surface area contributed by atoms with Crippen molar-refractivity contribution in [2.75, 3.05) is 26.2 Å². The van der Waals surface area contributed by atoms with Crippen molar-refractivity contribution in [1.29, 1.82) is 0 Å². The lowest BCUT2D eigenvalue weighted by Crippen LogP contribution is -2.54. The number of amides is 4. The molecule has 3 atom stereocenters.